The Morgan fingerprint density at radius 2 is 1.68 bits per heavy atom. The molecular weight excluding hydrogens is 635 g/mol. The Kier molecular flexibility index (Phi) is 10.0. The van der Waals surface area contributed by atoms with Crippen molar-refractivity contribution >= 4 is 56.4 Å². The fourth-order valence-corrected chi connectivity index (χ4v) is 5.04. The van der Waals surface area contributed by atoms with Crippen LogP contribution in [0.4, 0.5) is 0 Å². The first-order valence-electron chi connectivity index (χ1n) is 11.0. The molecule has 0 fully saturated rings. The average Bonchev–Trinajstić information content (AvgIpc) is 2.87. The number of amides is 1. The summed E-state index contributed by atoms with van der Waals surface area (Å²) in [5.41, 5.74) is 3.34. The fourth-order valence-electron chi connectivity index (χ4n) is 3.08. The third-order valence-electron chi connectivity index (χ3n) is 4.73. The van der Waals surface area contributed by atoms with Gasteiger partial charge in [0.15, 0.2) is 23.0 Å². The second-order valence-electron chi connectivity index (χ2n) is 7.25. The van der Waals surface area contributed by atoms with Crippen LogP contribution in [0.15, 0.2) is 64.6 Å². The molecule has 3 aromatic rings. The lowest BCUT2D eigenvalue weighted by atomic mass is 10.2. The molecule has 0 bridgehead atoms. The second-order valence-corrected chi connectivity index (χ2v) is 10.4. The van der Waals surface area contributed by atoms with E-state index < -0.39 is 16.0 Å². The number of methoxy groups -OCH3 is 1. The predicted molar refractivity (Wildman–Crippen MR) is 149 cm³/mol. The van der Waals surface area contributed by atoms with E-state index in [-0.39, 0.29) is 16.4 Å². The summed E-state index contributed by atoms with van der Waals surface area (Å²) in [5, 5.41) is 4.40. The van der Waals surface area contributed by atoms with Gasteiger partial charge in [0, 0.05) is 10.6 Å². The standard InChI is InChI=1S/C25H24ClIN2O7S/c1-4-34-21-11-6-17(14-22(21)35-5-2)25(30)29-28-15-16-12-20(27)24(23(13-16)33-3)36-37(31,32)19-9-7-18(26)8-10-19/h6-15H,4-5H2,1-3H3,(H,29,30)/b28-15+. The third-order valence-corrected chi connectivity index (χ3v) is 7.02. The van der Waals surface area contributed by atoms with Gasteiger partial charge in [0.2, 0.25) is 0 Å². The molecule has 0 atom stereocenters. The summed E-state index contributed by atoms with van der Waals surface area (Å²) < 4.78 is 47.6. The largest absolute Gasteiger partial charge is 0.493 e. The first-order valence-corrected chi connectivity index (χ1v) is 13.9. The molecule has 0 aliphatic rings. The maximum Gasteiger partial charge on any atom is 0.339 e. The van der Waals surface area contributed by atoms with E-state index in [0.29, 0.717) is 44.4 Å². The lowest BCUT2D eigenvalue weighted by molar-refractivity contribution is 0.0954. The molecule has 12 heteroatoms. The van der Waals surface area contributed by atoms with Crippen LogP contribution in [0.25, 0.3) is 0 Å². The third kappa shape index (κ3) is 7.49. The van der Waals surface area contributed by atoms with Crippen molar-refractivity contribution in [1.82, 2.24) is 5.43 Å². The number of benzene rings is 3. The number of hydrazone groups is 1. The highest BCUT2D eigenvalue weighted by Crippen LogP contribution is 2.36. The van der Waals surface area contributed by atoms with Crippen LogP contribution < -0.4 is 23.8 Å². The number of carbonyl (C=O) groups excluding carboxylic acids is 1. The first-order chi connectivity index (χ1) is 17.7. The maximum absolute atomic E-state index is 12.7. The maximum atomic E-state index is 12.7. The molecule has 9 nitrogen and oxygen atoms in total. The van der Waals surface area contributed by atoms with Crippen molar-refractivity contribution in [2.24, 2.45) is 5.10 Å². The van der Waals surface area contributed by atoms with Gasteiger partial charge in [-0.05, 0) is 96.6 Å². The molecule has 0 spiro atoms. The SMILES string of the molecule is CCOc1ccc(C(=O)N/N=C/c2cc(I)c(OS(=O)(=O)c3ccc(Cl)cc3)c(OC)c2)cc1OCC. The Bertz CT molecular complexity index is 1400. The van der Waals surface area contributed by atoms with Crippen LogP contribution in [0.5, 0.6) is 23.0 Å². The van der Waals surface area contributed by atoms with Crippen molar-refractivity contribution < 1.29 is 31.6 Å². The molecule has 0 aliphatic heterocycles. The molecule has 0 unspecified atom stereocenters. The minimum absolute atomic E-state index is 0.0251. The Hall–Kier alpha value is -3.03. The van der Waals surface area contributed by atoms with Crippen molar-refractivity contribution in [3.05, 3.63) is 74.3 Å². The summed E-state index contributed by atoms with van der Waals surface area (Å²) in [6.45, 7) is 4.59. The van der Waals surface area contributed by atoms with Crippen molar-refractivity contribution in [3.8, 4) is 23.0 Å². The molecule has 37 heavy (non-hydrogen) atoms. The molecule has 0 saturated carbocycles. The topological polar surface area (TPSA) is 113 Å². The van der Waals surface area contributed by atoms with Gasteiger partial charge in [0.25, 0.3) is 5.91 Å². The number of nitrogens with one attached hydrogen (secondary N) is 1. The zero-order valence-corrected chi connectivity index (χ0v) is 23.9. The summed E-state index contributed by atoms with van der Waals surface area (Å²) in [6, 6.07) is 13.6. The molecule has 3 aromatic carbocycles. The van der Waals surface area contributed by atoms with E-state index in [2.05, 4.69) is 10.5 Å². The van der Waals surface area contributed by atoms with E-state index in [9.17, 15) is 13.2 Å². The molecule has 1 amide bonds. The van der Waals surface area contributed by atoms with Crippen molar-refractivity contribution in [3.63, 3.8) is 0 Å². The van der Waals surface area contributed by atoms with Gasteiger partial charge in [0.05, 0.1) is 30.1 Å². The van der Waals surface area contributed by atoms with Gasteiger partial charge < -0.3 is 18.4 Å². The molecule has 0 aliphatic carbocycles. The van der Waals surface area contributed by atoms with Crippen LogP contribution in [-0.2, 0) is 10.1 Å². The van der Waals surface area contributed by atoms with Gasteiger partial charge in [-0.3, -0.25) is 4.79 Å². The number of carbonyl (C=O) groups is 1. The molecule has 0 saturated heterocycles. The molecule has 0 aromatic heterocycles. The molecule has 0 radical (unpaired) electrons. The van der Waals surface area contributed by atoms with Crippen LogP contribution in [-0.4, -0.2) is 40.9 Å². The number of hydrogen-bond acceptors (Lipinski definition) is 8. The Balaban J connectivity index is 1.76. The normalized spacial score (nSPS) is 11.3. The molecule has 3 rings (SSSR count). The van der Waals surface area contributed by atoms with Gasteiger partial charge in [-0.1, -0.05) is 11.6 Å². The van der Waals surface area contributed by atoms with Crippen molar-refractivity contribution in [2.75, 3.05) is 20.3 Å². The van der Waals surface area contributed by atoms with E-state index in [1.165, 1.54) is 43.7 Å². The molecular formula is C25H24ClIN2O7S. The Labute approximate surface area is 234 Å². The zero-order chi connectivity index (χ0) is 27.0. The second kappa shape index (κ2) is 13.0. The monoisotopic (exact) mass is 658 g/mol. The number of ether oxygens (including phenoxy) is 3. The summed E-state index contributed by atoms with van der Waals surface area (Å²) in [4.78, 5) is 12.5. The van der Waals surface area contributed by atoms with Gasteiger partial charge in [-0.25, -0.2) is 5.43 Å². The number of rotatable bonds is 11. The van der Waals surface area contributed by atoms with E-state index in [1.54, 1.807) is 24.3 Å². The van der Waals surface area contributed by atoms with E-state index in [4.69, 9.17) is 30.0 Å². The number of hydrogen-bond donors (Lipinski definition) is 1. The smallest absolute Gasteiger partial charge is 0.339 e. The lowest BCUT2D eigenvalue weighted by Crippen LogP contribution is -2.18. The Morgan fingerprint density at radius 3 is 2.32 bits per heavy atom. The van der Waals surface area contributed by atoms with Gasteiger partial charge >= 0.3 is 10.1 Å². The minimum Gasteiger partial charge on any atom is -0.493 e. The molecule has 196 valence electrons. The molecule has 1 N–H and O–H groups in total. The number of nitrogens with zero attached hydrogens (tertiary/aromatic N) is 1. The Morgan fingerprint density at radius 1 is 1.00 bits per heavy atom. The van der Waals surface area contributed by atoms with Gasteiger partial charge in [-0.15, -0.1) is 0 Å². The highest BCUT2D eigenvalue weighted by molar-refractivity contribution is 14.1. The zero-order valence-electron chi connectivity index (χ0n) is 20.2. The lowest BCUT2D eigenvalue weighted by Gasteiger charge is -2.13. The molecule has 0 heterocycles. The summed E-state index contributed by atoms with van der Waals surface area (Å²) in [5.74, 6) is 0.758. The summed E-state index contributed by atoms with van der Waals surface area (Å²) >= 11 is 7.77. The van der Waals surface area contributed by atoms with Crippen LogP contribution in [0.2, 0.25) is 5.02 Å². The first kappa shape index (κ1) is 28.5. The number of halogens is 2. The minimum atomic E-state index is -4.12. The fraction of sp³-hybridized carbons (Fsp3) is 0.200. The van der Waals surface area contributed by atoms with Crippen LogP contribution in [0.3, 0.4) is 0 Å². The van der Waals surface area contributed by atoms with Crippen molar-refractivity contribution in [2.45, 2.75) is 18.7 Å². The van der Waals surface area contributed by atoms with E-state index in [1.807, 2.05) is 36.4 Å². The van der Waals surface area contributed by atoms with Gasteiger partial charge in [-0.2, -0.15) is 13.5 Å². The van der Waals surface area contributed by atoms with Crippen LogP contribution >= 0.6 is 34.2 Å². The van der Waals surface area contributed by atoms with Crippen LogP contribution in [0.1, 0.15) is 29.8 Å². The van der Waals surface area contributed by atoms with E-state index >= 15 is 0 Å². The summed E-state index contributed by atoms with van der Waals surface area (Å²) in [6.07, 6.45) is 1.40. The quantitative estimate of drug-likeness (QED) is 0.129. The average molecular weight is 659 g/mol. The van der Waals surface area contributed by atoms with Crippen LogP contribution in [0, 0.1) is 3.57 Å². The highest BCUT2D eigenvalue weighted by Gasteiger charge is 2.22. The summed E-state index contributed by atoms with van der Waals surface area (Å²) in [7, 11) is -2.74. The van der Waals surface area contributed by atoms with Crippen molar-refractivity contribution in [1.29, 1.82) is 0 Å². The van der Waals surface area contributed by atoms with Gasteiger partial charge in [0.1, 0.15) is 4.90 Å². The highest BCUT2D eigenvalue weighted by atomic mass is 127. The van der Waals surface area contributed by atoms with E-state index in [0.717, 1.165) is 0 Å². The predicted octanol–water partition coefficient (Wildman–Crippen LogP) is 5.28.